The number of rotatable bonds is 8. The molecule has 0 fully saturated rings. The largest absolute Gasteiger partial charge is 0.481 e. The first-order chi connectivity index (χ1) is 22.8. The molecule has 0 saturated heterocycles. The van der Waals surface area contributed by atoms with E-state index in [0.717, 1.165) is 74.2 Å². The fraction of sp³-hybridized carbons (Fsp3) is 0.333. The third-order valence-corrected chi connectivity index (χ3v) is 8.69. The summed E-state index contributed by atoms with van der Waals surface area (Å²) in [5.41, 5.74) is 15.4. The molecule has 0 saturated carbocycles. The molecule has 5 rings (SSSR count). The van der Waals surface area contributed by atoms with Crippen LogP contribution in [-0.2, 0) is 41.6 Å². The molecule has 12 heteroatoms. The SMILES string of the molecule is CCc1c(C)c2cc3[nH]c(cc4nc(cc5nc(cc1[nH]2)C(C)=C5CCC(=O)O)C(C)=C4CCC(=O)O)c(C)c3CC.O=C=O.O=C=O. The van der Waals surface area contributed by atoms with Crippen molar-refractivity contribution < 1.29 is 39.0 Å². The van der Waals surface area contributed by atoms with Crippen molar-refractivity contribution in [1.29, 1.82) is 0 Å². The second-order valence-electron chi connectivity index (χ2n) is 11.3. The van der Waals surface area contributed by atoms with Gasteiger partial charge in [0.05, 0.1) is 22.8 Å². The molecule has 0 atom stereocenters. The van der Waals surface area contributed by atoms with E-state index < -0.39 is 11.9 Å². The molecule has 4 N–H and O–H groups in total. The van der Waals surface area contributed by atoms with Crippen molar-refractivity contribution in [3.8, 4) is 0 Å². The maximum atomic E-state index is 11.5. The van der Waals surface area contributed by atoms with E-state index in [9.17, 15) is 19.8 Å². The third kappa shape index (κ3) is 7.98. The lowest BCUT2D eigenvalue weighted by Crippen LogP contribution is -1.95. The van der Waals surface area contributed by atoms with E-state index in [1.165, 1.54) is 16.7 Å². The molecule has 2 aliphatic rings. The topological polar surface area (TPSA) is 200 Å². The summed E-state index contributed by atoms with van der Waals surface area (Å²) in [5.74, 6) is -1.72. The van der Waals surface area contributed by atoms with E-state index in [1.807, 2.05) is 26.0 Å². The van der Waals surface area contributed by atoms with Crippen molar-refractivity contribution in [2.75, 3.05) is 0 Å². The zero-order valence-electron chi connectivity index (χ0n) is 27.8. The highest BCUT2D eigenvalue weighted by atomic mass is 16.4. The summed E-state index contributed by atoms with van der Waals surface area (Å²) < 4.78 is 0. The summed E-state index contributed by atoms with van der Waals surface area (Å²) in [5, 5.41) is 18.9. The van der Waals surface area contributed by atoms with Crippen LogP contribution in [0.25, 0.3) is 44.4 Å². The van der Waals surface area contributed by atoms with Crippen LogP contribution in [0.5, 0.6) is 0 Å². The monoisotopic (exact) mass is 654 g/mol. The number of nitrogens with one attached hydrogen (secondary N) is 2. The lowest BCUT2D eigenvalue weighted by atomic mass is 9.99. The van der Waals surface area contributed by atoms with Crippen LogP contribution < -0.4 is 0 Å². The number of aryl methyl sites for hydroxylation is 4. The maximum Gasteiger partial charge on any atom is 0.373 e. The van der Waals surface area contributed by atoms with E-state index in [4.69, 9.17) is 29.1 Å². The number of carboxylic acids is 2. The van der Waals surface area contributed by atoms with Gasteiger partial charge in [-0.2, -0.15) is 19.2 Å². The van der Waals surface area contributed by atoms with Crippen molar-refractivity contribution in [3.63, 3.8) is 0 Å². The number of allylic oxidation sites excluding steroid dienone is 4. The molecule has 2 aliphatic heterocycles. The molecule has 48 heavy (non-hydrogen) atoms. The van der Waals surface area contributed by atoms with Gasteiger partial charge in [-0.3, -0.25) is 9.59 Å². The molecule has 5 heterocycles. The zero-order chi connectivity index (χ0) is 35.7. The Morgan fingerprint density at radius 3 is 1.38 bits per heavy atom. The predicted molar refractivity (Wildman–Crippen MR) is 178 cm³/mol. The van der Waals surface area contributed by atoms with Crippen LogP contribution in [0.15, 0.2) is 24.3 Å². The van der Waals surface area contributed by atoms with Crippen LogP contribution in [0.1, 0.15) is 98.4 Å². The van der Waals surface area contributed by atoms with Gasteiger partial charge in [-0.15, -0.1) is 0 Å². The van der Waals surface area contributed by atoms with Gasteiger partial charge in [0.1, 0.15) is 0 Å². The minimum atomic E-state index is -0.860. The van der Waals surface area contributed by atoms with Crippen molar-refractivity contribution in [2.24, 2.45) is 0 Å². The van der Waals surface area contributed by atoms with Crippen molar-refractivity contribution >= 4 is 68.6 Å². The fourth-order valence-corrected chi connectivity index (χ4v) is 6.22. The number of hydrogen-bond acceptors (Lipinski definition) is 8. The number of aromatic amines is 2. The standard InChI is InChI=1S/C34H38N4O4.2CO2/c1-7-21-17(3)25-13-29-22(8-2)18(4)26(36-29)15-31-24(10-12-34(41)42)20(6)28(38-31)16-32-23(9-11-33(39)40)19(5)27(37-32)14-30(21)35-25;2*2-1-3/h13-16,35-36H,7-12H2,1-6H3,(H,39,40)(H,41,42);;. The molecule has 0 spiro atoms. The van der Waals surface area contributed by atoms with Crippen LogP contribution in [0.4, 0.5) is 0 Å². The Labute approximate surface area is 276 Å². The average molecular weight is 655 g/mol. The van der Waals surface area contributed by atoms with E-state index in [-0.39, 0.29) is 25.1 Å². The summed E-state index contributed by atoms with van der Waals surface area (Å²) in [6.45, 7) is 12.5. The van der Waals surface area contributed by atoms with Gasteiger partial charge in [-0.05, 0) is 122 Å². The number of aromatic nitrogens is 4. The molecule has 12 nitrogen and oxygen atoms in total. The Hall–Kier alpha value is -5.70. The zero-order valence-corrected chi connectivity index (χ0v) is 27.8. The Balaban J connectivity index is 0.000000969. The van der Waals surface area contributed by atoms with E-state index >= 15 is 0 Å². The van der Waals surface area contributed by atoms with Gasteiger partial charge in [-0.25, -0.2) is 9.97 Å². The molecule has 3 aromatic rings. The first-order valence-corrected chi connectivity index (χ1v) is 15.4. The molecule has 0 aromatic carbocycles. The van der Waals surface area contributed by atoms with Crippen LogP contribution in [0.2, 0.25) is 0 Å². The number of nitrogens with zero attached hydrogens (tertiary/aromatic N) is 2. The maximum absolute atomic E-state index is 11.5. The van der Waals surface area contributed by atoms with Crippen LogP contribution in [-0.4, -0.2) is 54.4 Å². The van der Waals surface area contributed by atoms with Crippen LogP contribution >= 0.6 is 0 Å². The van der Waals surface area contributed by atoms with Crippen molar-refractivity contribution in [1.82, 2.24) is 19.9 Å². The Morgan fingerprint density at radius 1 is 0.604 bits per heavy atom. The molecule has 0 unspecified atom stereocenters. The highest BCUT2D eigenvalue weighted by Gasteiger charge is 2.22. The Kier molecular flexibility index (Phi) is 12.4. The second-order valence-corrected chi connectivity index (χ2v) is 11.3. The molecule has 3 aromatic heterocycles. The minimum Gasteiger partial charge on any atom is -0.481 e. The Morgan fingerprint density at radius 2 is 0.958 bits per heavy atom. The Bertz CT molecular complexity index is 2040. The summed E-state index contributed by atoms with van der Waals surface area (Å²) in [7, 11) is 0. The predicted octanol–water partition coefficient (Wildman–Crippen LogP) is 6.48. The number of H-pyrrole nitrogens is 2. The van der Waals surface area contributed by atoms with Gasteiger partial charge in [-0.1, -0.05) is 13.8 Å². The molecule has 8 bridgehead atoms. The molecular weight excluding hydrogens is 616 g/mol. The summed E-state index contributed by atoms with van der Waals surface area (Å²) in [6, 6.07) is 8.19. The summed E-state index contributed by atoms with van der Waals surface area (Å²) >= 11 is 0. The normalized spacial score (nSPS) is 12.0. The average Bonchev–Trinajstić information content (AvgIpc) is 3.68. The number of fused-ring (bicyclic) bond motifs is 8. The van der Waals surface area contributed by atoms with E-state index in [1.54, 1.807) is 0 Å². The lowest BCUT2D eigenvalue weighted by molar-refractivity contribution is -0.193. The van der Waals surface area contributed by atoms with Gasteiger partial charge in [0.2, 0.25) is 0 Å². The second kappa shape index (κ2) is 16.2. The van der Waals surface area contributed by atoms with Crippen LogP contribution in [0.3, 0.4) is 0 Å². The first kappa shape index (κ1) is 36.8. The molecule has 250 valence electrons. The first-order valence-electron chi connectivity index (χ1n) is 15.4. The molecule has 0 amide bonds. The number of hydrogen-bond donors (Lipinski definition) is 4. The number of aliphatic carboxylic acids is 2. The lowest BCUT2D eigenvalue weighted by Gasteiger charge is -2.04. The quantitative estimate of drug-likeness (QED) is 0.208. The van der Waals surface area contributed by atoms with Gasteiger partial charge in [0.25, 0.3) is 0 Å². The van der Waals surface area contributed by atoms with Gasteiger partial charge in [0, 0.05) is 34.9 Å². The van der Waals surface area contributed by atoms with E-state index in [0.29, 0.717) is 24.2 Å². The summed E-state index contributed by atoms with van der Waals surface area (Å²) in [4.78, 5) is 72.8. The number of carboxylic acid groups (broad SMARTS) is 2. The minimum absolute atomic E-state index is 0.000435. The van der Waals surface area contributed by atoms with Crippen molar-refractivity contribution in [2.45, 2.75) is 80.1 Å². The van der Waals surface area contributed by atoms with E-state index in [2.05, 4.69) is 49.8 Å². The highest BCUT2D eigenvalue weighted by Crippen LogP contribution is 2.38. The van der Waals surface area contributed by atoms with Gasteiger partial charge < -0.3 is 20.2 Å². The molecule has 0 radical (unpaired) electrons. The van der Waals surface area contributed by atoms with Gasteiger partial charge >= 0.3 is 24.2 Å². The summed E-state index contributed by atoms with van der Waals surface area (Å²) in [6.07, 6.45) is 2.92. The third-order valence-electron chi connectivity index (χ3n) is 8.69. The number of carbonyl (C=O) groups is 2. The highest BCUT2D eigenvalue weighted by molar-refractivity contribution is 5.96. The molecular formula is C36H38N4O8. The number of carbonyl (C=O) groups excluding carboxylic acids is 4. The fourth-order valence-electron chi connectivity index (χ4n) is 6.22. The molecule has 0 aliphatic carbocycles. The van der Waals surface area contributed by atoms with Gasteiger partial charge in [0.15, 0.2) is 0 Å². The van der Waals surface area contributed by atoms with Crippen LogP contribution in [0, 0.1) is 13.8 Å². The van der Waals surface area contributed by atoms with Crippen molar-refractivity contribution in [3.05, 3.63) is 69.3 Å². The smallest absolute Gasteiger partial charge is 0.373 e.